The molecule has 0 rings (SSSR count). The topological polar surface area (TPSA) is 0 Å². The van der Waals surface area contributed by atoms with Gasteiger partial charge < -0.3 is 0 Å². The molecule has 0 fully saturated rings. The molecule has 6 heteroatoms. The highest BCUT2D eigenvalue weighted by Gasteiger charge is 2.35. The van der Waals surface area contributed by atoms with Crippen molar-refractivity contribution in [2.45, 2.75) is 363 Å². The van der Waals surface area contributed by atoms with Crippen LogP contribution in [0.5, 0.6) is 0 Å². The number of alkyl halides is 6. The van der Waals surface area contributed by atoms with Crippen molar-refractivity contribution in [3.63, 3.8) is 0 Å². The largest absolute Gasteiger partial charge is 0.391 e. The van der Waals surface area contributed by atoms with E-state index in [1.165, 1.54) is 97.8 Å². The summed E-state index contributed by atoms with van der Waals surface area (Å²) in [5.41, 5.74) is 0.872. The number of unbranched alkanes of at least 4 members (excludes halogenated alkanes) is 3. The summed E-state index contributed by atoms with van der Waals surface area (Å²) in [6.07, 6.45) is 7.64. The highest BCUT2D eigenvalue weighted by atomic mass is 19.4. The van der Waals surface area contributed by atoms with Gasteiger partial charge in [0.2, 0.25) is 0 Å². The lowest BCUT2D eigenvalue weighted by atomic mass is 9.91. The molecule has 0 nitrogen and oxygen atoms in total. The van der Waals surface area contributed by atoms with E-state index in [1.54, 1.807) is 20.8 Å². The molecular formula is C63H144F6. The quantitative estimate of drug-likeness (QED) is 0.171. The van der Waals surface area contributed by atoms with Crippen molar-refractivity contribution in [2.75, 3.05) is 0 Å². The van der Waals surface area contributed by atoms with Crippen molar-refractivity contribution in [2.24, 2.45) is 51.7 Å². The van der Waals surface area contributed by atoms with Gasteiger partial charge in [-0.05, 0) is 65.6 Å². The fourth-order valence-electron chi connectivity index (χ4n) is 3.26. The zero-order valence-electron chi connectivity index (χ0n) is 59.5. The van der Waals surface area contributed by atoms with E-state index in [-0.39, 0.29) is 24.2 Å². The number of halogens is 6. The monoisotopic (exact) mass is 1020 g/mol. The summed E-state index contributed by atoms with van der Waals surface area (Å²) in [6.45, 7) is 68.7. The minimum absolute atomic E-state index is 0.170. The first-order valence-electron chi connectivity index (χ1n) is 30.6. The summed E-state index contributed by atoms with van der Waals surface area (Å²) in [4.78, 5) is 0. The second-order valence-electron chi connectivity index (χ2n) is 23.5. The van der Waals surface area contributed by atoms with Gasteiger partial charge in [0.15, 0.2) is 0 Å². The maximum Gasteiger partial charge on any atom is 0.391 e. The third-order valence-electron chi connectivity index (χ3n) is 8.44. The van der Waals surface area contributed by atoms with E-state index < -0.39 is 36.9 Å². The van der Waals surface area contributed by atoms with Gasteiger partial charge >= 0.3 is 12.4 Å². The van der Waals surface area contributed by atoms with Crippen molar-refractivity contribution in [1.82, 2.24) is 0 Å². The fraction of sp³-hybridized carbons (Fsp3) is 1.00. The zero-order chi connectivity index (χ0) is 63.2. The first-order valence-corrected chi connectivity index (χ1v) is 28.1. The van der Waals surface area contributed by atoms with Crippen LogP contribution in [0.4, 0.5) is 26.3 Å². The molecule has 0 aliphatic carbocycles. The predicted octanol–water partition coefficient (Wildman–Crippen LogP) is 27.3. The molecule has 0 bridgehead atoms. The molecule has 2 atom stereocenters. The van der Waals surface area contributed by atoms with Gasteiger partial charge in [-0.15, -0.1) is 0 Å². The third kappa shape index (κ3) is 217. The molecule has 0 heterocycles. The van der Waals surface area contributed by atoms with Gasteiger partial charge in [-0.2, -0.15) is 26.3 Å². The number of hydrogen-bond acceptors (Lipinski definition) is 0. The van der Waals surface area contributed by atoms with Crippen molar-refractivity contribution >= 4 is 0 Å². The highest BCUT2D eigenvalue weighted by Crippen LogP contribution is 2.29. The van der Waals surface area contributed by atoms with Crippen LogP contribution >= 0.6 is 0 Å². The average Bonchev–Trinajstić information content (AvgIpc) is 3.16. The second-order valence-corrected chi connectivity index (χ2v) is 23.5. The van der Waals surface area contributed by atoms with E-state index in [2.05, 4.69) is 145 Å². The Morgan fingerprint density at radius 1 is 0.362 bits per heavy atom. The van der Waals surface area contributed by atoms with E-state index >= 15 is 0 Å². The van der Waals surface area contributed by atoms with Gasteiger partial charge in [0.25, 0.3) is 0 Å². The lowest BCUT2D eigenvalue weighted by Gasteiger charge is -2.15. The average molecular weight is 1020 g/mol. The fourth-order valence-corrected chi connectivity index (χ4v) is 3.26. The Bertz CT molecular complexity index is 929. The van der Waals surface area contributed by atoms with Crippen LogP contribution in [-0.2, 0) is 0 Å². The maximum atomic E-state index is 11.6. The first-order chi connectivity index (χ1) is 32.5. The molecule has 0 aromatic rings. The first kappa shape index (κ1) is 82.6. The molecule has 0 radical (unpaired) electrons. The Kier molecular flexibility index (Phi) is 83.4. The predicted molar refractivity (Wildman–Crippen MR) is 316 cm³/mol. The number of hydrogen-bond donors (Lipinski definition) is 0. The Morgan fingerprint density at radius 2 is 0.609 bits per heavy atom. The summed E-state index contributed by atoms with van der Waals surface area (Å²) < 4.78 is 104. The Balaban J connectivity index is -0.0000000571. The summed E-state index contributed by atoms with van der Waals surface area (Å²) in [5, 5.41) is 0. The summed E-state index contributed by atoms with van der Waals surface area (Å²) in [5.74, 6) is 0.0787. The summed E-state index contributed by atoms with van der Waals surface area (Å²) in [6, 6.07) is 0. The molecule has 0 saturated heterocycles. The molecule has 0 aliphatic rings. The van der Waals surface area contributed by atoms with Crippen LogP contribution in [0.15, 0.2) is 0 Å². The van der Waals surface area contributed by atoms with Crippen LogP contribution in [0.3, 0.4) is 0 Å². The van der Waals surface area contributed by atoms with Gasteiger partial charge in [0, 0.05) is 6.85 Å². The number of rotatable bonds is 12. The van der Waals surface area contributed by atoms with Gasteiger partial charge in [0.1, 0.15) is 0 Å². The van der Waals surface area contributed by atoms with Gasteiger partial charge in [-0.25, -0.2) is 0 Å². The van der Waals surface area contributed by atoms with Crippen LogP contribution in [0, 0.1) is 51.7 Å². The van der Waals surface area contributed by atoms with E-state index in [4.69, 9.17) is 6.85 Å². The third-order valence-corrected chi connectivity index (χ3v) is 8.44. The molecule has 438 valence electrons. The molecule has 0 spiro atoms. The Morgan fingerprint density at radius 3 is 0.623 bits per heavy atom. The van der Waals surface area contributed by atoms with Crippen LogP contribution in [0.1, 0.15) is 358 Å². The molecule has 2 unspecified atom stereocenters. The molecule has 0 aliphatic heterocycles. The van der Waals surface area contributed by atoms with Crippen LogP contribution < -0.4 is 0 Å². The van der Waals surface area contributed by atoms with E-state index in [1.807, 2.05) is 48.5 Å². The minimum Gasteiger partial charge on any atom is -0.171 e. The van der Waals surface area contributed by atoms with Crippen LogP contribution in [0.2, 0.25) is 0 Å². The van der Waals surface area contributed by atoms with Crippen molar-refractivity contribution in [3.8, 4) is 0 Å². The molecule has 0 amide bonds. The van der Waals surface area contributed by atoms with Gasteiger partial charge in [0.05, 0.1) is 11.8 Å². The van der Waals surface area contributed by atoms with Crippen molar-refractivity contribution in [1.29, 1.82) is 0 Å². The van der Waals surface area contributed by atoms with Gasteiger partial charge in [-0.3, -0.25) is 0 Å². The highest BCUT2D eigenvalue weighted by molar-refractivity contribution is 4.61. The van der Waals surface area contributed by atoms with Crippen LogP contribution in [0.25, 0.3) is 0 Å². The SMILES string of the molecule is CC(C)C.CCC(C)C.CCC(C)C(F)(F)F.CCCC.CCCC(C)(C)C.CCCC(C)(C)C.CCCC(C)C.CCCC(C)C(F)(F)F.CCCCC.[2H]C(C)(C)C.[2H]C([2H])(C)C(C)(C)C.[2H]C([2H])(C)CC. The van der Waals surface area contributed by atoms with Gasteiger partial charge in [-0.1, -0.05) is 325 Å². The molecule has 69 heavy (non-hydrogen) atoms. The minimum atomic E-state index is -3.99. The van der Waals surface area contributed by atoms with Crippen molar-refractivity contribution in [3.05, 3.63) is 0 Å². The standard InChI is InChI=1S/2C7H16.C6H11F3.2C6H14.C5H9F3.2C5H12.4C4H10/c2*1-5-6-7(2,3)4;1-3-4-5(2)6(7,8)9;1-5-6(2,3)4;1-4-5-6(2)3;1-3-4(2)5(6,7)8;1-4-5(2)3;1-3-5-4-2;2*1-4(2)3;2*1-3-4-2/h2*5-6H2,1-4H3;5H,3-4H2,1-2H3;5H2,1-4H3;6H,4-5H2,1-3H3;4H,3H2,1-2H3;5H,4H2,1-3H3;3-5H2,1-2H3;2*4H,1-3H3;2*3-4H2,1-2H3/i;;;5D2;;;;;4D;;3D2;. The van der Waals surface area contributed by atoms with E-state index in [0.717, 1.165) is 17.8 Å². The lowest BCUT2D eigenvalue weighted by Crippen LogP contribution is -2.19. The molecule has 0 aromatic heterocycles. The Labute approximate surface area is 446 Å². The van der Waals surface area contributed by atoms with E-state index in [0.29, 0.717) is 23.7 Å². The van der Waals surface area contributed by atoms with Crippen molar-refractivity contribution < 1.29 is 33.2 Å². The Hall–Kier alpha value is -0.420. The molecular weight excluding hydrogens is 871 g/mol. The zero-order valence-corrected chi connectivity index (χ0v) is 54.5. The molecule has 0 aromatic carbocycles. The normalized spacial score (nSPS) is 13.1. The maximum absolute atomic E-state index is 11.6. The lowest BCUT2D eigenvalue weighted by molar-refractivity contribution is -0.171. The summed E-state index contributed by atoms with van der Waals surface area (Å²) >= 11 is 0. The summed E-state index contributed by atoms with van der Waals surface area (Å²) in [7, 11) is 0. The smallest absolute Gasteiger partial charge is 0.171 e. The second kappa shape index (κ2) is 69.7. The molecule has 0 saturated carbocycles. The molecule has 0 N–H and O–H groups in total. The van der Waals surface area contributed by atoms with E-state index in [9.17, 15) is 26.3 Å². The van der Waals surface area contributed by atoms with Crippen LogP contribution in [-0.4, -0.2) is 12.4 Å².